The molecule has 3 rings (SSSR count). The van der Waals surface area contributed by atoms with Gasteiger partial charge in [0.1, 0.15) is 0 Å². The summed E-state index contributed by atoms with van der Waals surface area (Å²) in [5, 5.41) is 0. The highest BCUT2D eigenvalue weighted by Crippen LogP contribution is 2.41. The maximum absolute atomic E-state index is 5.89. The SMILES string of the molecule is CCN1CCc2cc(C3CC3N)ccc21. The van der Waals surface area contributed by atoms with Crippen LogP contribution in [-0.2, 0) is 6.42 Å². The Morgan fingerprint density at radius 1 is 1.47 bits per heavy atom. The van der Waals surface area contributed by atoms with E-state index >= 15 is 0 Å². The quantitative estimate of drug-likeness (QED) is 0.793. The fraction of sp³-hybridized carbons (Fsp3) is 0.538. The van der Waals surface area contributed by atoms with Crippen molar-refractivity contribution in [2.75, 3.05) is 18.0 Å². The Labute approximate surface area is 91.1 Å². The average Bonchev–Trinajstić information content (AvgIpc) is 2.85. The molecule has 2 nitrogen and oxygen atoms in total. The second-order valence-electron chi connectivity index (χ2n) is 4.72. The molecule has 2 N–H and O–H groups in total. The molecule has 0 radical (unpaired) electrons. The molecule has 1 aromatic carbocycles. The molecule has 0 amide bonds. The van der Waals surface area contributed by atoms with Gasteiger partial charge in [0, 0.05) is 30.7 Å². The molecule has 2 aliphatic rings. The zero-order valence-corrected chi connectivity index (χ0v) is 9.24. The zero-order chi connectivity index (χ0) is 10.4. The van der Waals surface area contributed by atoms with Gasteiger partial charge >= 0.3 is 0 Å². The number of fused-ring (bicyclic) bond motifs is 1. The van der Waals surface area contributed by atoms with Crippen LogP contribution < -0.4 is 10.6 Å². The topological polar surface area (TPSA) is 29.3 Å². The minimum atomic E-state index is 0.423. The first kappa shape index (κ1) is 9.22. The molecule has 0 aromatic heterocycles. The van der Waals surface area contributed by atoms with E-state index in [1.807, 2.05) is 0 Å². The summed E-state index contributed by atoms with van der Waals surface area (Å²) in [5.41, 5.74) is 10.3. The minimum absolute atomic E-state index is 0.423. The van der Waals surface area contributed by atoms with Crippen LogP contribution >= 0.6 is 0 Å². The van der Waals surface area contributed by atoms with Crippen LogP contribution in [-0.4, -0.2) is 19.1 Å². The second kappa shape index (κ2) is 3.24. The molecular formula is C13H18N2. The van der Waals surface area contributed by atoms with E-state index in [1.54, 1.807) is 0 Å². The largest absolute Gasteiger partial charge is 0.371 e. The molecule has 1 aromatic rings. The van der Waals surface area contributed by atoms with Crippen molar-refractivity contribution in [1.82, 2.24) is 0 Å². The molecule has 80 valence electrons. The molecule has 0 saturated heterocycles. The van der Waals surface area contributed by atoms with Gasteiger partial charge in [-0.1, -0.05) is 12.1 Å². The highest BCUT2D eigenvalue weighted by molar-refractivity contribution is 5.59. The van der Waals surface area contributed by atoms with Crippen LogP contribution in [0.4, 0.5) is 5.69 Å². The van der Waals surface area contributed by atoms with Gasteiger partial charge in [0.15, 0.2) is 0 Å². The lowest BCUT2D eigenvalue weighted by molar-refractivity contribution is 0.868. The molecule has 1 saturated carbocycles. The smallest absolute Gasteiger partial charge is 0.0399 e. The molecule has 15 heavy (non-hydrogen) atoms. The molecule has 1 heterocycles. The first-order chi connectivity index (χ1) is 7.29. The Hall–Kier alpha value is -1.02. The van der Waals surface area contributed by atoms with E-state index in [0.29, 0.717) is 12.0 Å². The third kappa shape index (κ3) is 1.44. The minimum Gasteiger partial charge on any atom is -0.371 e. The molecule has 0 spiro atoms. The molecule has 2 atom stereocenters. The molecule has 0 bridgehead atoms. The van der Waals surface area contributed by atoms with Gasteiger partial charge in [-0.15, -0.1) is 0 Å². The number of benzene rings is 1. The van der Waals surface area contributed by atoms with Crippen LogP contribution in [0, 0.1) is 0 Å². The Bertz CT molecular complexity index is 386. The number of nitrogens with two attached hydrogens (primary N) is 1. The summed E-state index contributed by atoms with van der Waals surface area (Å²) in [7, 11) is 0. The standard InChI is InChI=1S/C13H18N2/c1-2-15-6-5-10-7-9(3-4-13(10)15)11-8-12(11)14/h3-4,7,11-12H,2,5-6,8,14H2,1H3. The third-order valence-corrected chi connectivity index (χ3v) is 3.74. The van der Waals surface area contributed by atoms with E-state index in [0.717, 1.165) is 6.54 Å². The normalized spacial score (nSPS) is 28.0. The molecule has 1 fully saturated rings. The Balaban J connectivity index is 1.91. The summed E-state index contributed by atoms with van der Waals surface area (Å²) in [4.78, 5) is 2.45. The van der Waals surface area contributed by atoms with Crippen molar-refractivity contribution >= 4 is 5.69 Å². The summed E-state index contributed by atoms with van der Waals surface area (Å²) in [6.07, 6.45) is 2.38. The number of likely N-dealkylation sites (N-methyl/N-ethyl adjacent to an activating group) is 1. The van der Waals surface area contributed by atoms with Crippen molar-refractivity contribution in [3.63, 3.8) is 0 Å². The van der Waals surface area contributed by atoms with Gasteiger partial charge in [-0.3, -0.25) is 0 Å². The zero-order valence-electron chi connectivity index (χ0n) is 9.24. The first-order valence-electron chi connectivity index (χ1n) is 5.93. The van der Waals surface area contributed by atoms with Gasteiger partial charge < -0.3 is 10.6 Å². The van der Waals surface area contributed by atoms with Gasteiger partial charge in [-0.25, -0.2) is 0 Å². The van der Waals surface area contributed by atoms with Crippen LogP contribution in [0.15, 0.2) is 18.2 Å². The fourth-order valence-corrected chi connectivity index (χ4v) is 2.65. The lowest BCUT2D eigenvalue weighted by atomic mass is 10.0. The van der Waals surface area contributed by atoms with E-state index in [4.69, 9.17) is 5.73 Å². The third-order valence-electron chi connectivity index (χ3n) is 3.74. The molecular weight excluding hydrogens is 184 g/mol. The fourth-order valence-electron chi connectivity index (χ4n) is 2.65. The summed E-state index contributed by atoms with van der Waals surface area (Å²) in [5.74, 6) is 0.644. The summed E-state index contributed by atoms with van der Waals surface area (Å²) >= 11 is 0. The number of nitrogens with zero attached hydrogens (tertiary/aromatic N) is 1. The van der Waals surface area contributed by atoms with Crippen molar-refractivity contribution in [3.8, 4) is 0 Å². The lowest BCUT2D eigenvalue weighted by Crippen LogP contribution is -2.18. The molecule has 1 aliphatic carbocycles. The van der Waals surface area contributed by atoms with Gasteiger partial charge in [0.05, 0.1) is 0 Å². The molecule has 2 unspecified atom stereocenters. The maximum Gasteiger partial charge on any atom is 0.0399 e. The number of hydrogen-bond acceptors (Lipinski definition) is 2. The number of anilines is 1. The average molecular weight is 202 g/mol. The summed E-state index contributed by atoms with van der Waals surface area (Å²) in [6.45, 7) is 4.53. The monoisotopic (exact) mass is 202 g/mol. The van der Waals surface area contributed by atoms with Crippen molar-refractivity contribution in [3.05, 3.63) is 29.3 Å². The highest BCUT2D eigenvalue weighted by Gasteiger charge is 2.35. The van der Waals surface area contributed by atoms with Crippen LogP contribution in [0.5, 0.6) is 0 Å². The second-order valence-corrected chi connectivity index (χ2v) is 4.72. The van der Waals surface area contributed by atoms with E-state index in [1.165, 1.54) is 36.2 Å². The number of rotatable bonds is 2. The van der Waals surface area contributed by atoms with Crippen molar-refractivity contribution in [2.45, 2.75) is 31.7 Å². The van der Waals surface area contributed by atoms with Crippen molar-refractivity contribution in [1.29, 1.82) is 0 Å². The highest BCUT2D eigenvalue weighted by atomic mass is 15.1. The maximum atomic E-state index is 5.89. The van der Waals surface area contributed by atoms with E-state index in [-0.39, 0.29) is 0 Å². The van der Waals surface area contributed by atoms with Gasteiger partial charge in [-0.2, -0.15) is 0 Å². The van der Waals surface area contributed by atoms with Crippen molar-refractivity contribution in [2.24, 2.45) is 5.73 Å². The first-order valence-corrected chi connectivity index (χ1v) is 5.93. The van der Waals surface area contributed by atoms with Gasteiger partial charge in [-0.05, 0) is 37.0 Å². The van der Waals surface area contributed by atoms with Crippen LogP contribution in [0.2, 0.25) is 0 Å². The Morgan fingerprint density at radius 3 is 2.93 bits per heavy atom. The van der Waals surface area contributed by atoms with Gasteiger partial charge in [0.2, 0.25) is 0 Å². The van der Waals surface area contributed by atoms with Gasteiger partial charge in [0.25, 0.3) is 0 Å². The Kier molecular flexibility index (Phi) is 1.99. The number of hydrogen-bond donors (Lipinski definition) is 1. The van der Waals surface area contributed by atoms with E-state index < -0.39 is 0 Å². The molecule has 2 heteroatoms. The lowest BCUT2D eigenvalue weighted by Gasteiger charge is -2.16. The summed E-state index contributed by atoms with van der Waals surface area (Å²) in [6, 6.07) is 7.35. The summed E-state index contributed by atoms with van der Waals surface area (Å²) < 4.78 is 0. The van der Waals surface area contributed by atoms with Crippen LogP contribution in [0.3, 0.4) is 0 Å². The van der Waals surface area contributed by atoms with Crippen molar-refractivity contribution < 1.29 is 0 Å². The predicted octanol–water partition coefficient (Wildman–Crippen LogP) is 1.88. The molecule has 1 aliphatic heterocycles. The predicted molar refractivity (Wildman–Crippen MR) is 63.4 cm³/mol. The van der Waals surface area contributed by atoms with E-state index in [2.05, 4.69) is 30.0 Å². The Morgan fingerprint density at radius 2 is 2.27 bits per heavy atom. The van der Waals surface area contributed by atoms with Crippen LogP contribution in [0.1, 0.15) is 30.4 Å². The van der Waals surface area contributed by atoms with Crippen LogP contribution in [0.25, 0.3) is 0 Å². The van der Waals surface area contributed by atoms with E-state index in [9.17, 15) is 0 Å².